The van der Waals surface area contributed by atoms with E-state index in [2.05, 4.69) is 5.32 Å². The zero-order chi connectivity index (χ0) is 20.5. The van der Waals surface area contributed by atoms with Gasteiger partial charge in [0.1, 0.15) is 6.54 Å². The summed E-state index contributed by atoms with van der Waals surface area (Å²) in [5.74, 6) is 1.01. The van der Waals surface area contributed by atoms with Crippen LogP contribution in [0.5, 0.6) is 11.5 Å². The summed E-state index contributed by atoms with van der Waals surface area (Å²) in [7, 11) is 3.18. The summed E-state index contributed by atoms with van der Waals surface area (Å²) in [6.07, 6.45) is 0.653. The molecule has 0 fully saturated rings. The van der Waals surface area contributed by atoms with E-state index in [4.69, 9.17) is 9.47 Å². The molecule has 0 saturated heterocycles. The lowest BCUT2D eigenvalue weighted by Crippen LogP contribution is -2.41. The summed E-state index contributed by atoms with van der Waals surface area (Å²) in [4.78, 5) is 26.0. The van der Waals surface area contributed by atoms with Crippen LogP contribution in [0.25, 0.3) is 0 Å². The minimum absolute atomic E-state index is 0.0251. The number of carbonyl (C=O) groups excluding carboxylic acids is 2. The quantitative estimate of drug-likeness (QED) is 0.722. The van der Waals surface area contributed by atoms with E-state index in [0.29, 0.717) is 24.5 Å². The van der Waals surface area contributed by atoms with Crippen LogP contribution in [-0.2, 0) is 16.0 Å². The van der Waals surface area contributed by atoms with Crippen LogP contribution in [0.1, 0.15) is 31.0 Å². The van der Waals surface area contributed by atoms with E-state index in [1.165, 1.54) is 6.92 Å². The molecule has 2 aromatic carbocycles. The first kappa shape index (κ1) is 21.3. The summed E-state index contributed by atoms with van der Waals surface area (Å²) in [5, 5.41) is 2.88. The molecule has 150 valence electrons. The maximum atomic E-state index is 12.4. The lowest BCUT2D eigenvalue weighted by Gasteiger charge is -2.28. The van der Waals surface area contributed by atoms with E-state index in [0.717, 1.165) is 11.1 Å². The van der Waals surface area contributed by atoms with Gasteiger partial charge in [0, 0.05) is 13.5 Å². The molecule has 1 atom stereocenters. The van der Waals surface area contributed by atoms with Gasteiger partial charge in [-0.1, -0.05) is 36.4 Å². The summed E-state index contributed by atoms with van der Waals surface area (Å²) in [6.45, 7) is 3.90. The molecule has 1 unspecified atom stereocenters. The maximum absolute atomic E-state index is 12.4. The van der Waals surface area contributed by atoms with E-state index in [-0.39, 0.29) is 24.4 Å². The van der Waals surface area contributed by atoms with Crippen molar-refractivity contribution in [1.82, 2.24) is 10.2 Å². The van der Waals surface area contributed by atoms with Crippen LogP contribution in [0.2, 0.25) is 0 Å². The highest BCUT2D eigenvalue weighted by molar-refractivity contribution is 5.84. The lowest BCUT2D eigenvalue weighted by atomic mass is 10.1. The first-order valence-electron chi connectivity index (χ1n) is 9.26. The normalized spacial score (nSPS) is 11.4. The molecule has 0 heterocycles. The number of hydrogen-bond acceptors (Lipinski definition) is 4. The highest BCUT2D eigenvalue weighted by Crippen LogP contribution is 2.27. The van der Waals surface area contributed by atoms with Crippen molar-refractivity contribution in [3.63, 3.8) is 0 Å². The van der Waals surface area contributed by atoms with E-state index in [1.54, 1.807) is 19.1 Å². The Balaban J connectivity index is 1.90. The first-order chi connectivity index (χ1) is 13.5. The van der Waals surface area contributed by atoms with Crippen LogP contribution in [0.15, 0.2) is 48.5 Å². The average molecular weight is 384 g/mol. The molecule has 1 N–H and O–H groups in total. The second-order valence-electron chi connectivity index (χ2n) is 6.52. The molecule has 0 bridgehead atoms. The Morgan fingerprint density at radius 2 is 1.71 bits per heavy atom. The third kappa shape index (κ3) is 5.74. The topological polar surface area (TPSA) is 67.9 Å². The van der Waals surface area contributed by atoms with Crippen molar-refractivity contribution < 1.29 is 19.1 Å². The molecular formula is C22H28N2O4. The van der Waals surface area contributed by atoms with Crippen molar-refractivity contribution in [2.75, 3.05) is 27.3 Å². The zero-order valence-corrected chi connectivity index (χ0v) is 16.9. The van der Waals surface area contributed by atoms with Gasteiger partial charge in [0.25, 0.3) is 0 Å². The smallest absolute Gasteiger partial charge is 0.239 e. The molecule has 0 aliphatic heterocycles. The van der Waals surface area contributed by atoms with Gasteiger partial charge in [0.15, 0.2) is 11.5 Å². The van der Waals surface area contributed by atoms with Crippen LogP contribution >= 0.6 is 0 Å². The van der Waals surface area contributed by atoms with Gasteiger partial charge in [0.05, 0.1) is 20.3 Å². The van der Waals surface area contributed by atoms with Crippen molar-refractivity contribution in [2.24, 2.45) is 0 Å². The lowest BCUT2D eigenvalue weighted by molar-refractivity contribution is -0.136. The fourth-order valence-corrected chi connectivity index (χ4v) is 3.03. The fraction of sp³-hybridized carbons (Fsp3) is 0.364. The second kappa shape index (κ2) is 10.3. The highest BCUT2D eigenvalue weighted by Gasteiger charge is 2.21. The molecule has 0 radical (unpaired) electrons. The van der Waals surface area contributed by atoms with Crippen LogP contribution < -0.4 is 14.8 Å². The molecule has 0 aliphatic rings. The number of methoxy groups -OCH3 is 2. The number of amides is 2. The summed E-state index contributed by atoms with van der Waals surface area (Å²) < 4.78 is 10.5. The fourth-order valence-electron chi connectivity index (χ4n) is 3.03. The Morgan fingerprint density at radius 1 is 1.04 bits per heavy atom. The van der Waals surface area contributed by atoms with Gasteiger partial charge in [-0.15, -0.1) is 0 Å². The third-order valence-electron chi connectivity index (χ3n) is 4.65. The zero-order valence-electron chi connectivity index (χ0n) is 16.9. The number of hydrogen-bond donors (Lipinski definition) is 1. The number of rotatable bonds is 9. The van der Waals surface area contributed by atoms with Crippen LogP contribution in [0.3, 0.4) is 0 Å². The molecular weight excluding hydrogens is 356 g/mol. The molecule has 0 aromatic heterocycles. The number of ether oxygens (including phenoxy) is 2. The van der Waals surface area contributed by atoms with E-state index in [1.807, 2.05) is 55.5 Å². The third-order valence-corrected chi connectivity index (χ3v) is 4.65. The van der Waals surface area contributed by atoms with Crippen LogP contribution in [-0.4, -0.2) is 44.0 Å². The van der Waals surface area contributed by atoms with Crippen LogP contribution in [0, 0.1) is 0 Å². The Kier molecular flexibility index (Phi) is 7.87. The number of benzene rings is 2. The molecule has 0 aliphatic carbocycles. The first-order valence-corrected chi connectivity index (χ1v) is 9.26. The average Bonchev–Trinajstić information content (AvgIpc) is 2.71. The standard InChI is InChI=1S/C22H28N2O4/c1-16(19-8-6-5-7-9-19)24(17(2)25)15-22(26)23-13-12-18-10-11-20(27-3)21(14-18)28-4/h5-11,14,16H,12-13,15H2,1-4H3,(H,23,26). The van der Waals surface area contributed by atoms with Gasteiger partial charge in [-0.2, -0.15) is 0 Å². The Bertz CT molecular complexity index is 792. The molecule has 2 rings (SSSR count). The largest absolute Gasteiger partial charge is 0.493 e. The summed E-state index contributed by atoms with van der Waals surface area (Å²) in [5.41, 5.74) is 2.02. The van der Waals surface area contributed by atoms with Gasteiger partial charge in [-0.05, 0) is 36.6 Å². The van der Waals surface area contributed by atoms with Crippen molar-refractivity contribution in [3.05, 3.63) is 59.7 Å². The number of nitrogens with one attached hydrogen (secondary N) is 1. The Labute approximate surface area is 166 Å². The van der Waals surface area contributed by atoms with E-state index < -0.39 is 0 Å². The van der Waals surface area contributed by atoms with Gasteiger partial charge < -0.3 is 19.7 Å². The van der Waals surface area contributed by atoms with Crippen molar-refractivity contribution in [1.29, 1.82) is 0 Å². The van der Waals surface area contributed by atoms with Crippen molar-refractivity contribution in [2.45, 2.75) is 26.3 Å². The van der Waals surface area contributed by atoms with Gasteiger partial charge >= 0.3 is 0 Å². The highest BCUT2D eigenvalue weighted by atomic mass is 16.5. The van der Waals surface area contributed by atoms with E-state index >= 15 is 0 Å². The van der Waals surface area contributed by atoms with Gasteiger partial charge in [-0.3, -0.25) is 9.59 Å². The predicted octanol–water partition coefficient (Wildman–Crippen LogP) is 2.97. The monoisotopic (exact) mass is 384 g/mol. The summed E-state index contributed by atoms with van der Waals surface area (Å²) in [6, 6.07) is 15.2. The van der Waals surface area contributed by atoms with Crippen molar-refractivity contribution >= 4 is 11.8 Å². The molecule has 6 nitrogen and oxygen atoms in total. The Hall–Kier alpha value is -3.02. The minimum Gasteiger partial charge on any atom is -0.493 e. The SMILES string of the molecule is COc1ccc(CCNC(=O)CN(C(C)=O)C(C)c2ccccc2)cc1OC. The summed E-state index contributed by atoms with van der Waals surface area (Å²) >= 11 is 0. The molecule has 28 heavy (non-hydrogen) atoms. The number of carbonyl (C=O) groups is 2. The second-order valence-corrected chi connectivity index (χ2v) is 6.52. The molecule has 2 amide bonds. The van der Waals surface area contributed by atoms with Gasteiger partial charge in [0.2, 0.25) is 11.8 Å². The van der Waals surface area contributed by atoms with Gasteiger partial charge in [-0.25, -0.2) is 0 Å². The molecule has 0 spiro atoms. The molecule has 6 heteroatoms. The van der Waals surface area contributed by atoms with Crippen LogP contribution in [0.4, 0.5) is 0 Å². The number of nitrogens with zero attached hydrogens (tertiary/aromatic N) is 1. The van der Waals surface area contributed by atoms with Crippen molar-refractivity contribution in [3.8, 4) is 11.5 Å². The van der Waals surface area contributed by atoms with E-state index in [9.17, 15) is 9.59 Å². The maximum Gasteiger partial charge on any atom is 0.239 e. The molecule has 0 saturated carbocycles. The molecule has 2 aromatic rings. The predicted molar refractivity (Wildman–Crippen MR) is 109 cm³/mol. The Morgan fingerprint density at radius 3 is 2.32 bits per heavy atom. The minimum atomic E-state index is -0.182.